The molecule has 0 spiro atoms. The molecule has 0 heterocycles. The van der Waals surface area contributed by atoms with Gasteiger partial charge in [0.15, 0.2) is 11.6 Å². The van der Waals surface area contributed by atoms with E-state index >= 15 is 0 Å². The minimum Gasteiger partial charge on any atom is -0.490 e. The summed E-state index contributed by atoms with van der Waals surface area (Å²) in [6, 6.07) is 4.57. The Morgan fingerprint density at radius 3 is 2.69 bits per heavy atom. The molecule has 1 aromatic carbocycles. The lowest BCUT2D eigenvalue weighted by Gasteiger charge is -2.11. The van der Waals surface area contributed by atoms with E-state index in [1.54, 1.807) is 0 Å². The van der Waals surface area contributed by atoms with Crippen LogP contribution in [-0.4, -0.2) is 6.10 Å². The third kappa shape index (κ3) is 2.68. The van der Waals surface area contributed by atoms with E-state index in [0.717, 1.165) is 12.5 Å². The second kappa shape index (κ2) is 4.21. The molecule has 1 nitrogen and oxygen atoms in total. The fraction of sp³-hybridized carbons (Fsp3) is 0.400. The number of rotatable bonds is 3. The van der Waals surface area contributed by atoms with E-state index < -0.39 is 11.6 Å². The average Bonchev–Trinajstić information content (AvgIpc) is 2.11. The lowest BCUT2D eigenvalue weighted by Crippen LogP contribution is -2.09. The fourth-order valence-electron chi connectivity index (χ4n) is 0.800. The van der Waals surface area contributed by atoms with Gasteiger partial charge in [-0.2, -0.15) is 0 Å². The molecule has 0 aliphatic carbocycles. The lowest BCUT2D eigenvalue weighted by molar-refractivity contribution is 0.215. The molecule has 0 bridgehead atoms. The maximum Gasteiger partial charge on any atom is 0.170 e. The standard InChI is InChI=1S/C10H11F2O/c1-3-7(2)13-8-4-5-9(11)10(12)6-8/h4-5,7H,3H2,1-2H3. The second-order valence-corrected chi connectivity index (χ2v) is 2.82. The third-order valence-corrected chi connectivity index (χ3v) is 1.73. The van der Waals surface area contributed by atoms with Gasteiger partial charge in [-0.25, -0.2) is 8.78 Å². The Labute approximate surface area is 76.3 Å². The molecule has 1 unspecified atom stereocenters. The Kier molecular flexibility index (Phi) is 3.23. The molecule has 13 heavy (non-hydrogen) atoms. The molecular formula is C10H11F2O. The highest BCUT2D eigenvalue weighted by atomic mass is 19.2. The monoisotopic (exact) mass is 185 g/mol. The van der Waals surface area contributed by atoms with E-state index in [9.17, 15) is 8.78 Å². The molecule has 1 rings (SSSR count). The predicted molar refractivity (Wildman–Crippen MR) is 45.6 cm³/mol. The molecule has 1 aromatic rings. The Morgan fingerprint density at radius 1 is 1.46 bits per heavy atom. The van der Waals surface area contributed by atoms with Crippen molar-refractivity contribution in [3.8, 4) is 5.75 Å². The molecule has 71 valence electrons. The Bertz CT molecular complexity index is 286. The van der Waals surface area contributed by atoms with Crippen LogP contribution < -0.4 is 4.74 Å². The van der Waals surface area contributed by atoms with Crippen molar-refractivity contribution in [1.82, 2.24) is 0 Å². The van der Waals surface area contributed by atoms with Gasteiger partial charge in [-0.15, -0.1) is 0 Å². The zero-order valence-electron chi connectivity index (χ0n) is 7.60. The van der Waals surface area contributed by atoms with Crippen LogP contribution in [0.15, 0.2) is 12.1 Å². The van der Waals surface area contributed by atoms with Crippen LogP contribution in [0.1, 0.15) is 20.3 Å². The van der Waals surface area contributed by atoms with E-state index in [0.29, 0.717) is 0 Å². The first kappa shape index (κ1) is 9.96. The van der Waals surface area contributed by atoms with Crippen molar-refractivity contribution in [3.63, 3.8) is 0 Å². The van der Waals surface area contributed by atoms with E-state index in [-0.39, 0.29) is 11.9 Å². The van der Waals surface area contributed by atoms with Gasteiger partial charge in [0.1, 0.15) is 5.75 Å². The maximum absolute atomic E-state index is 12.6. The number of hydrogen-bond acceptors (Lipinski definition) is 1. The van der Waals surface area contributed by atoms with Crippen LogP contribution in [0.2, 0.25) is 0 Å². The summed E-state index contributed by atoms with van der Waals surface area (Å²) < 4.78 is 30.3. The van der Waals surface area contributed by atoms with Gasteiger partial charge in [-0.3, -0.25) is 0 Å². The van der Waals surface area contributed by atoms with Gasteiger partial charge < -0.3 is 4.74 Å². The first-order valence-electron chi connectivity index (χ1n) is 4.17. The van der Waals surface area contributed by atoms with Gasteiger partial charge in [0.05, 0.1) is 12.2 Å². The van der Waals surface area contributed by atoms with Crippen LogP contribution in [-0.2, 0) is 0 Å². The van der Waals surface area contributed by atoms with Crippen LogP contribution in [0, 0.1) is 17.7 Å². The smallest absolute Gasteiger partial charge is 0.170 e. The van der Waals surface area contributed by atoms with Gasteiger partial charge in [0, 0.05) is 0 Å². The van der Waals surface area contributed by atoms with Gasteiger partial charge in [-0.05, 0) is 25.5 Å². The maximum atomic E-state index is 12.6. The highest BCUT2D eigenvalue weighted by molar-refractivity contribution is 5.22. The molecular weight excluding hydrogens is 174 g/mol. The normalized spacial score (nSPS) is 12.6. The molecule has 3 heteroatoms. The largest absolute Gasteiger partial charge is 0.490 e. The van der Waals surface area contributed by atoms with E-state index in [1.807, 2.05) is 13.8 Å². The summed E-state index contributed by atoms with van der Waals surface area (Å²) in [4.78, 5) is 0. The van der Waals surface area contributed by atoms with Crippen molar-refractivity contribution >= 4 is 0 Å². The van der Waals surface area contributed by atoms with Crippen LogP contribution >= 0.6 is 0 Å². The Morgan fingerprint density at radius 2 is 2.15 bits per heavy atom. The topological polar surface area (TPSA) is 9.23 Å². The lowest BCUT2D eigenvalue weighted by atomic mass is 10.3. The summed E-state index contributed by atoms with van der Waals surface area (Å²) in [5.74, 6) is -1.66. The van der Waals surface area contributed by atoms with Crippen LogP contribution in [0.3, 0.4) is 0 Å². The number of benzene rings is 1. The van der Waals surface area contributed by atoms with Gasteiger partial charge in [-0.1, -0.05) is 6.92 Å². The molecule has 0 aliphatic heterocycles. The van der Waals surface area contributed by atoms with Gasteiger partial charge >= 0.3 is 0 Å². The van der Waals surface area contributed by atoms with E-state index in [4.69, 9.17) is 4.74 Å². The SMILES string of the molecule is CCC(C)Oc1[c]c(F)c(F)cc1. The zero-order valence-corrected chi connectivity index (χ0v) is 7.60. The first-order valence-corrected chi connectivity index (χ1v) is 4.17. The molecule has 0 amide bonds. The molecule has 1 radical (unpaired) electrons. The van der Waals surface area contributed by atoms with Crippen LogP contribution in [0.25, 0.3) is 0 Å². The van der Waals surface area contributed by atoms with Crippen LogP contribution in [0.5, 0.6) is 5.75 Å². The minimum absolute atomic E-state index is 0.0129. The van der Waals surface area contributed by atoms with E-state index in [2.05, 4.69) is 6.07 Å². The summed E-state index contributed by atoms with van der Waals surface area (Å²) in [6.07, 6.45) is 0.799. The summed E-state index contributed by atoms with van der Waals surface area (Å²) in [5.41, 5.74) is 0. The second-order valence-electron chi connectivity index (χ2n) is 2.82. The summed E-state index contributed by atoms with van der Waals surface area (Å²) >= 11 is 0. The number of hydrogen-bond donors (Lipinski definition) is 0. The minimum atomic E-state index is -0.999. The van der Waals surface area contributed by atoms with Crippen molar-refractivity contribution in [1.29, 1.82) is 0 Å². The van der Waals surface area contributed by atoms with Gasteiger partial charge in [0.25, 0.3) is 0 Å². The molecule has 0 saturated heterocycles. The number of halogens is 2. The average molecular weight is 185 g/mol. The van der Waals surface area contributed by atoms with Crippen LogP contribution in [0.4, 0.5) is 8.78 Å². The molecule has 1 atom stereocenters. The van der Waals surface area contributed by atoms with Crippen molar-refractivity contribution in [2.24, 2.45) is 0 Å². The highest BCUT2D eigenvalue weighted by Crippen LogP contribution is 2.16. The molecule has 0 aliphatic rings. The first-order chi connectivity index (χ1) is 6.13. The molecule has 0 aromatic heterocycles. The van der Waals surface area contributed by atoms with Crippen molar-refractivity contribution in [3.05, 3.63) is 29.8 Å². The fourth-order valence-corrected chi connectivity index (χ4v) is 0.800. The third-order valence-electron chi connectivity index (χ3n) is 1.73. The van der Waals surface area contributed by atoms with Crippen molar-refractivity contribution in [2.75, 3.05) is 0 Å². The summed E-state index contributed by atoms with van der Waals surface area (Å²) in [6.45, 7) is 3.81. The van der Waals surface area contributed by atoms with Gasteiger partial charge in [0.2, 0.25) is 0 Å². The zero-order chi connectivity index (χ0) is 9.84. The van der Waals surface area contributed by atoms with E-state index in [1.165, 1.54) is 6.07 Å². The summed E-state index contributed by atoms with van der Waals surface area (Å²) in [7, 11) is 0. The Balaban J connectivity index is 2.73. The molecule has 0 N–H and O–H groups in total. The quantitative estimate of drug-likeness (QED) is 0.703. The van der Waals surface area contributed by atoms with Crippen molar-refractivity contribution < 1.29 is 13.5 Å². The predicted octanol–water partition coefficient (Wildman–Crippen LogP) is 2.94. The number of ether oxygens (including phenoxy) is 1. The highest BCUT2D eigenvalue weighted by Gasteiger charge is 2.06. The Hall–Kier alpha value is -1.12. The summed E-state index contributed by atoms with van der Waals surface area (Å²) in [5, 5.41) is 0. The molecule has 0 saturated carbocycles. The molecule has 0 fully saturated rings. The van der Waals surface area contributed by atoms with Crippen molar-refractivity contribution in [2.45, 2.75) is 26.4 Å².